The highest BCUT2D eigenvalue weighted by molar-refractivity contribution is 7.03. The summed E-state index contributed by atoms with van der Waals surface area (Å²) >= 11 is 0. The maximum atomic E-state index is 6.38. The Morgan fingerprint density at radius 2 is 0.825 bits per heavy atom. The summed E-state index contributed by atoms with van der Waals surface area (Å²) in [4.78, 5) is 4.88. The SMILES string of the molecule is C=C/C=C\c1c(C)oc2ccc(N(c3ccc4c(c3)[Si](C)(C)c3cccc5c3c-4cc3ccc(N(c4ccc6ccc7ccccc7c6c4)c4ccc6oc7ccccc7c6c4)cc35)c3ccc4ccc5ccccc5c4c3)cc12. The minimum atomic E-state index is -2.38. The summed E-state index contributed by atoms with van der Waals surface area (Å²) in [5.41, 5.74) is 12.8. The summed E-state index contributed by atoms with van der Waals surface area (Å²) in [5, 5.41) is 21.1. The van der Waals surface area contributed by atoms with E-state index in [9.17, 15) is 0 Å². The first-order chi connectivity index (χ1) is 39.2. The number of hydrogen-bond donors (Lipinski definition) is 0. The lowest BCUT2D eigenvalue weighted by atomic mass is 9.92. The Bertz CT molecular complexity index is 5170. The Kier molecular flexibility index (Phi) is 10.1. The first kappa shape index (κ1) is 46.2. The van der Waals surface area contributed by atoms with Crippen molar-refractivity contribution >= 4 is 156 Å². The zero-order valence-electron chi connectivity index (χ0n) is 44.6. The van der Waals surface area contributed by atoms with Gasteiger partial charge in [0.25, 0.3) is 0 Å². The number of para-hydroxylation sites is 1. The number of nitrogens with zero attached hydrogens (tertiary/aromatic N) is 2. The molecule has 0 atom stereocenters. The van der Waals surface area contributed by atoms with Crippen LogP contribution in [0.5, 0.6) is 0 Å². The summed E-state index contributed by atoms with van der Waals surface area (Å²) in [6.07, 6.45) is 5.91. The molecule has 378 valence electrons. The molecule has 1 aliphatic heterocycles. The van der Waals surface area contributed by atoms with Gasteiger partial charge in [-0.15, -0.1) is 0 Å². The number of rotatable bonds is 8. The number of allylic oxidation sites excluding steroid dienone is 2. The molecule has 0 fully saturated rings. The third-order valence-corrected chi connectivity index (χ3v) is 20.8. The van der Waals surface area contributed by atoms with E-state index in [1.54, 1.807) is 0 Å². The number of aryl methyl sites for hydroxylation is 1. The van der Waals surface area contributed by atoms with Gasteiger partial charge < -0.3 is 18.6 Å². The third-order valence-electron chi connectivity index (χ3n) is 17.3. The van der Waals surface area contributed by atoms with Crippen LogP contribution in [0.15, 0.2) is 258 Å². The number of hydrogen-bond acceptors (Lipinski definition) is 4. The molecule has 0 aliphatic carbocycles. The number of benzene rings is 13. The van der Waals surface area contributed by atoms with Crippen LogP contribution in [-0.2, 0) is 0 Å². The van der Waals surface area contributed by atoms with Crippen molar-refractivity contribution in [2.24, 2.45) is 0 Å². The Morgan fingerprint density at radius 3 is 1.46 bits per heavy atom. The molecule has 0 saturated heterocycles. The van der Waals surface area contributed by atoms with Crippen molar-refractivity contribution in [3.05, 3.63) is 261 Å². The summed E-state index contributed by atoms with van der Waals surface area (Å²) in [6.45, 7) is 11.1. The van der Waals surface area contributed by atoms with Gasteiger partial charge in [-0.2, -0.15) is 0 Å². The normalized spacial score (nSPS) is 13.0. The van der Waals surface area contributed by atoms with E-state index in [1.165, 1.54) is 86.1 Å². The second kappa shape index (κ2) is 17.5. The van der Waals surface area contributed by atoms with E-state index in [4.69, 9.17) is 8.83 Å². The zero-order chi connectivity index (χ0) is 53.4. The minimum Gasteiger partial charge on any atom is -0.461 e. The molecule has 1 aliphatic rings. The Labute approximate surface area is 464 Å². The molecule has 80 heavy (non-hydrogen) atoms. The largest absolute Gasteiger partial charge is 0.461 e. The van der Waals surface area contributed by atoms with Gasteiger partial charge in [0.15, 0.2) is 0 Å². The molecular formula is C75H52N2O2Si. The van der Waals surface area contributed by atoms with Crippen molar-refractivity contribution in [2.75, 3.05) is 9.80 Å². The van der Waals surface area contributed by atoms with Gasteiger partial charge >= 0.3 is 0 Å². The Balaban J connectivity index is 0.878. The molecule has 3 heterocycles. The maximum absolute atomic E-state index is 6.38. The van der Waals surface area contributed by atoms with E-state index in [1.807, 2.05) is 25.1 Å². The molecule has 2 aromatic heterocycles. The van der Waals surface area contributed by atoms with E-state index in [-0.39, 0.29) is 0 Å². The van der Waals surface area contributed by atoms with Crippen LogP contribution >= 0.6 is 0 Å². The van der Waals surface area contributed by atoms with Crippen LogP contribution in [0.3, 0.4) is 0 Å². The monoisotopic (exact) mass is 1040 g/mol. The summed E-state index contributed by atoms with van der Waals surface area (Å²) in [5.74, 6) is 0.884. The molecule has 0 radical (unpaired) electrons. The van der Waals surface area contributed by atoms with Gasteiger partial charge in [0.05, 0.1) is 0 Å². The molecule has 13 aromatic carbocycles. The standard InChI is InChI=1S/C75H52N2O2Si/c1-5-6-16-58-46(2)78-71-37-34-55(43-67(58)71)77(53-31-28-50-26-24-48-15-8-10-18-60(48)65(50)41-53)57-33-36-62-69-39-51-29-32-54(42-66(51)63-20-13-22-73(75(63)69)80(3,4)74(62)45-57)76(56-35-38-72-68(44-56)61-19-11-12-21-70(61)79-72)52-30-27-49-25-23-47-14-7-9-17-59(47)64(49)40-52/h5-45H,1H2,2-4H3/b16-6-. The second-order valence-electron chi connectivity index (χ2n) is 22.1. The highest BCUT2D eigenvalue weighted by Gasteiger charge is 2.37. The van der Waals surface area contributed by atoms with Crippen LogP contribution < -0.4 is 20.2 Å². The van der Waals surface area contributed by atoms with E-state index < -0.39 is 8.07 Å². The predicted molar refractivity (Wildman–Crippen MR) is 344 cm³/mol. The van der Waals surface area contributed by atoms with Gasteiger partial charge in [0, 0.05) is 55.8 Å². The lowest BCUT2D eigenvalue weighted by molar-refractivity contribution is 0.577. The molecule has 0 spiro atoms. The van der Waals surface area contributed by atoms with Crippen molar-refractivity contribution in [3.63, 3.8) is 0 Å². The number of furan rings is 2. The van der Waals surface area contributed by atoms with E-state index in [0.29, 0.717) is 0 Å². The quantitative estimate of drug-likeness (QED) is 0.0863. The molecule has 0 saturated carbocycles. The first-order valence-electron chi connectivity index (χ1n) is 27.6. The maximum Gasteiger partial charge on any atom is 0.135 e. The van der Waals surface area contributed by atoms with Crippen molar-refractivity contribution in [3.8, 4) is 11.1 Å². The average Bonchev–Trinajstić information content (AvgIpc) is 4.10. The predicted octanol–water partition coefficient (Wildman–Crippen LogP) is 20.5. The van der Waals surface area contributed by atoms with Gasteiger partial charge in [-0.05, 0) is 190 Å². The average molecular weight is 1040 g/mol. The van der Waals surface area contributed by atoms with Gasteiger partial charge in [0.2, 0.25) is 0 Å². The van der Waals surface area contributed by atoms with Crippen LogP contribution in [0.25, 0.3) is 115 Å². The smallest absolute Gasteiger partial charge is 0.135 e. The fraction of sp³-hybridized carbons (Fsp3) is 0.0400. The van der Waals surface area contributed by atoms with Crippen molar-refractivity contribution in [2.45, 2.75) is 20.0 Å². The summed E-state index contributed by atoms with van der Waals surface area (Å²) < 4.78 is 12.7. The first-order valence-corrected chi connectivity index (χ1v) is 30.6. The number of anilines is 6. The Morgan fingerprint density at radius 1 is 0.362 bits per heavy atom. The van der Waals surface area contributed by atoms with Crippen LogP contribution in [0, 0.1) is 6.92 Å². The fourth-order valence-corrected chi connectivity index (χ4v) is 16.5. The van der Waals surface area contributed by atoms with Crippen LogP contribution in [0.4, 0.5) is 34.1 Å². The van der Waals surface area contributed by atoms with Gasteiger partial charge in [-0.1, -0.05) is 171 Å². The molecule has 0 bridgehead atoms. The number of fused-ring (bicyclic) bond motifs is 14. The van der Waals surface area contributed by atoms with Crippen molar-refractivity contribution < 1.29 is 8.83 Å². The van der Waals surface area contributed by atoms with Gasteiger partial charge in [-0.3, -0.25) is 0 Å². The second-order valence-corrected chi connectivity index (χ2v) is 26.4. The molecule has 0 N–H and O–H groups in total. The lowest BCUT2D eigenvalue weighted by Crippen LogP contribution is -2.56. The summed E-state index contributed by atoms with van der Waals surface area (Å²) in [7, 11) is -2.38. The summed E-state index contributed by atoms with van der Waals surface area (Å²) in [6, 6.07) is 85.7. The minimum absolute atomic E-state index is 0.863. The molecule has 16 rings (SSSR count). The highest BCUT2D eigenvalue weighted by Crippen LogP contribution is 2.46. The Hall–Kier alpha value is -9.94. The van der Waals surface area contributed by atoms with E-state index >= 15 is 0 Å². The molecule has 15 aromatic rings. The van der Waals surface area contributed by atoms with E-state index in [0.717, 1.165) is 78.4 Å². The topological polar surface area (TPSA) is 32.8 Å². The van der Waals surface area contributed by atoms with Crippen molar-refractivity contribution in [1.82, 2.24) is 0 Å². The van der Waals surface area contributed by atoms with Crippen LogP contribution in [0.1, 0.15) is 11.3 Å². The lowest BCUT2D eigenvalue weighted by Gasteiger charge is -2.36. The molecule has 0 unspecified atom stereocenters. The third kappa shape index (κ3) is 7.00. The molecular weight excluding hydrogens is 989 g/mol. The fourth-order valence-electron chi connectivity index (χ4n) is 13.4. The zero-order valence-corrected chi connectivity index (χ0v) is 45.6. The van der Waals surface area contributed by atoms with Crippen molar-refractivity contribution in [1.29, 1.82) is 0 Å². The van der Waals surface area contributed by atoms with Gasteiger partial charge in [0.1, 0.15) is 30.6 Å². The molecule has 0 amide bonds. The van der Waals surface area contributed by atoms with Crippen LogP contribution in [-0.4, -0.2) is 8.07 Å². The highest BCUT2D eigenvalue weighted by atomic mass is 28.3. The molecule has 4 nitrogen and oxygen atoms in total. The van der Waals surface area contributed by atoms with Crippen LogP contribution in [0.2, 0.25) is 13.1 Å². The van der Waals surface area contributed by atoms with Gasteiger partial charge in [-0.25, -0.2) is 0 Å². The van der Waals surface area contributed by atoms with E-state index in [2.05, 4.69) is 260 Å². The molecule has 5 heteroatoms.